The molecule has 0 heterocycles. The number of carbonyl (C=O) groups excluding carboxylic acids is 2. The molecule has 2 amide bonds. The number of rotatable bonds is 10. The van der Waals surface area contributed by atoms with Crippen molar-refractivity contribution in [3.05, 3.63) is 60.2 Å². The van der Waals surface area contributed by atoms with Crippen LogP contribution in [-0.2, 0) is 26.3 Å². The molecule has 1 atom stereocenters. The summed E-state index contributed by atoms with van der Waals surface area (Å²) in [6, 6.07) is 14.5. The first kappa shape index (κ1) is 27.1. The van der Waals surface area contributed by atoms with Gasteiger partial charge in [-0.1, -0.05) is 43.7 Å². The molecule has 0 aliphatic rings. The Bertz CT molecular complexity index is 1050. The van der Waals surface area contributed by atoms with Crippen molar-refractivity contribution >= 4 is 33.7 Å². The Labute approximate surface area is 201 Å². The summed E-state index contributed by atoms with van der Waals surface area (Å²) in [5.74, 6) is -0.286. The maximum absolute atomic E-state index is 13.6. The molecular weight excluding hydrogens is 458 g/mol. The first-order chi connectivity index (χ1) is 15.9. The second-order valence-electron chi connectivity index (χ2n) is 8.86. The second-order valence-corrected chi connectivity index (χ2v) is 10.0. The number of nitrogens with zero attached hydrogens (tertiary/aromatic N) is 1. The van der Waals surface area contributed by atoms with Crippen molar-refractivity contribution in [3.8, 4) is 0 Å². The third-order valence-electron chi connectivity index (χ3n) is 4.70. The van der Waals surface area contributed by atoms with E-state index in [-0.39, 0.29) is 18.0 Å². The molecule has 10 heteroatoms. The zero-order valence-corrected chi connectivity index (χ0v) is 20.8. The quantitative estimate of drug-likeness (QED) is 0.429. The predicted octanol–water partition coefficient (Wildman–Crippen LogP) is 4.17. The molecule has 3 N–H and O–H groups in total. The normalized spacial score (nSPS) is 12.5. The predicted molar refractivity (Wildman–Crippen MR) is 132 cm³/mol. The maximum atomic E-state index is 13.6. The number of benzene rings is 2. The largest absolute Gasteiger partial charge is 0.444 e. The summed E-state index contributed by atoms with van der Waals surface area (Å²) in [7, 11) is -4.39. The van der Waals surface area contributed by atoms with E-state index in [9.17, 15) is 18.0 Å². The van der Waals surface area contributed by atoms with Gasteiger partial charge in [-0.05, 0) is 57.0 Å². The van der Waals surface area contributed by atoms with E-state index in [0.29, 0.717) is 12.1 Å². The van der Waals surface area contributed by atoms with E-state index in [1.54, 1.807) is 37.8 Å². The van der Waals surface area contributed by atoms with E-state index in [0.717, 1.165) is 18.5 Å². The van der Waals surface area contributed by atoms with Crippen LogP contribution in [0.1, 0.15) is 46.1 Å². The number of alkyl carbamates (subject to hydrolysis) is 1. The van der Waals surface area contributed by atoms with Crippen molar-refractivity contribution in [1.29, 1.82) is 0 Å². The molecule has 9 nitrogen and oxygen atoms in total. The van der Waals surface area contributed by atoms with Crippen LogP contribution in [0.25, 0.3) is 0 Å². The number of carbonyl (C=O) groups is 2. The fourth-order valence-electron chi connectivity index (χ4n) is 3.22. The number of amides is 2. The van der Waals surface area contributed by atoms with Crippen LogP contribution in [0, 0.1) is 0 Å². The summed E-state index contributed by atoms with van der Waals surface area (Å²) < 4.78 is 38.3. The van der Waals surface area contributed by atoms with Crippen LogP contribution in [0.15, 0.2) is 54.6 Å². The van der Waals surface area contributed by atoms with Gasteiger partial charge < -0.3 is 15.0 Å². The highest BCUT2D eigenvalue weighted by atomic mass is 32.2. The Morgan fingerprint density at radius 3 is 2.21 bits per heavy atom. The highest BCUT2D eigenvalue weighted by Crippen LogP contribution is 2.19. The third-order valence-corrected chi connectivity index (χ3v) is 5.19. The van der Waals surface area contributed by atoms with Gasteiger partial charge in [0.05, 0.1) is 5.69 Å². The van der Waals surface area contributed by atoms with E-state index >= 15 is 0 Å². The topological polar surface area (TPSA) is 125 Å². The lowest BCUT2D eigenvalue weighted by atomic mass is 10.0. The van der Waals surface area contributed by atoms with Crippen molar-refractivity contribution in [2.24, 2.45) is 0 Å². The first-order valence-corrected chi connectivity index (χ1v) is 12.5. The van der Waals surface area contributed by atoms with Gasteiger partial charge in [0.15, 0.2) is 0 Å². The summed E-state index contributed by atoms with van der Waals surface area (Å²) in [6.07, 6.45) is 1.12. The summed E-state index contributed by atoms with van der Waals surface area (Å²) in [6.45, 7) is 7.74. The summed E-state index contributed by atoms with van der Waals surface area (Å²) in [4.78, 5) is 27.8. The molecule has 0 radical (unpaired) electrons. The van der Waals surface area contributed by atoms with Crippen molar-refractivity contribution in [3.63, 3.8) is 0 Å². The average Bonchev–Trinajstić information content (AvgIpc) is 2.73. The van der Waals surface area contributed by atoms with Crippen LogP contribution in [-0.4, -0.2) is 43.2 Å². The van der Waals surface area contributed by atoms with Gasteiger partial charge in [0, 0.05) is 18.7 Å². The Kier molecular flexibility index (Phi) is 9.46. The SMILES string of the molecule is CCCCN(C(=O)C(Cc1ccc(NS(=O)(=O)O)cc1)NC(=O)OC(C)(C)C)c1ccccc1. The second kappa shape index (κ2) is 11.8. The third kappa shape index (κ3) is 9.40. The molecular formula is C24H33N3O6S. The molecule has 0 bridgehead atoms. The van der Waals surface area contributed by atoms with Crippen LogP contribution < -0.4 is 14.9 Å². The molecule has 186 valence electrons. The number of anilines is 2. The monoisotopic (exact) mass is 491 g/mol. The molecule has 2 aromatic rings. The van der Waals surface area contributed by atoms with Crippen LogP contribution in [0.2, 0.25) is 0 Å². The van der Waals surface area contributed by atoms with Gasteiger partial charge in [-0.3, -0.25) is 14.1 Å². The number of para-hydroxylation sites is 1. The van der Waals surface area contributed by atoms with Crippen molar-refractivity contribution < 1.29 is 27.3 Å². The van der Waals surface area contributed by atoms with Gasteiger partial charge in [-0.15, -0.1) is 0 Å². The van der Waals surface area contributed by atoms with Crippen LogP contribution in [0.3, 0.4) is 0 Å². The molecule has 2 rings (SSSR count). The van der Waals surface area contributed by atoms with Crippen LogP contribution >= 0.6 is 0 Å². The number of hydrogen-bond acceptors (Lipinski definition) is 5. The molecule has 0 saturated carbocycles. The molecule has 34 heavy (non-hydrogen) atoms. The minimum atomic E-state index is -4.39. The fourth-order valence-corrected chi connectivity index (χ4v) is 3.66. The van der Waals surface area contributed by atoms with Gasteiger partial charge in [-0.25, -0.2) is 4.79 Å². The Morgan fingerprint density at radius 2 is 1.68 bits per heavy atom. The van der Waals surface area contributed by atoms with Crippen LogP contribution in [0.4, 0.5) is 16.2 Å². The first-order valence-electron chi connectivity index (χ1n) is 11.1. The molecule has 2 aromatic carbocycles. The fraction of sp³-hybridized carbons (Fsp3) is 0.417. The molecule has 0 aromatic heterocycles. The van der Waals surface area contributed by atoms with Gasteiger partial charge >= 0.3 is 16.4 Å². The van der Waals surface area contributed by atoms with Crippen LogP contribution in [0.5, 0.6) is 0 Å². The number of ether oxygens (including phenoxy) is 1. The summed E-state index contributed by atoms with van der Waals surface area (Å²) in [5, 5.41) is 2.70. The Morgan fingerprint density at radius 1 is 1.06 bits per heavy atom. The molecule has 0 aliphatic carbocycles. The summed E-state index contributed by atoms with van der Waals surface area (Å²) >= 11 is 0. The average molecular weight is 492 g/mol. The van der Waals surface area contributed by atoms with E-state index < -0.39 is 28.0 Å². The minimum absolute atomic E-state index is 0.152. The van der Waals surface area contributed by atoms with Gasteiger partial charge in [-0.2, -0.15) is 8.42 Å². The highest BCUT2D eigenvalue weighted by Gasteiger charge is 2.29. The van der Waals surface area contributed by atoms with Gasteiger partial charge in [0.1, 0.15) is 11.6 Å². The molecule has 1 unspecified atom stereocenters. The standard InChI is InChI=1S/C24H33N3O6S/c1-5-6-16-27(20-10-8-7-9-11-20)22(28)21(25-23(29)33-24(2,3)4)17-18-12-14-19(15-13-18)26-34(30,31)32/h7-15,21,26H,5-6,16-17H2,1-4H3,(H,25,29)(H,30,31,32). The van der Waals surface area contributed by atoms with E-state index in [1.807, 2.05) is 42.0 Å². The number of unbranched alkanes of at least 4 members (excludes halogenated alkanes) is 1. The lowest BCUT2D eigenvalue weighted by molar-refractivity contribution is -0.120. The Balaban J connectivity index is 2.31. The molecule has 0 spiro atoms. The number of nitrogens with one attached hydrogen (secondary N) is 2. The molecule has 0 aliphatic heterocycles. The smallest absolute Gasteiger partial charge is 0.408 e. The molecule has 0 saturated heterocycles. The maximum Gasteiger partial charge on any atom is 0.408 e. The van der Waals surface area contributed by atoms with Crippen molar-refractivity contribution in [1.82, 2.24) is 5.32 Å². The van der Waals surface area contributed by atoms with E-state index in [2.05, 4.69) is 5.32 Å². The lowest BCUT2D eigenvalue weighted by Crippen LogP contribution is -2.51. The number of hydrogen-bond donors (Lipinski definition) is 3. The zero-order chi connectivity index (χ0) is 25.4. The van der Waals surface area contributed by atoms with Crippen molar-refractivity contribution in [2.45, 2.75) is 58.6 Å². The Hall–Kier alpha value is -3.11. The highest BCUT2D eigenvalue weighted by molar-refractivity contribution is 7.87. The zero-order valence-electron chi connectivity index (χ0n) is 19.9. The molecule has 0 fully saturated rings. The minimum Gasteiger partial charge on any atom is -0.444 e. The summed E-state index contributed by atoms with van der Waals surface area (Å²) in [5.41, 5.74) is 0.841. The lowest BCUT2D eigenvalue weighted by Gasteiger charge is -2.29. The van der Waals surface area contributed by atoms with Crippen molar-refractivity contribution in [2.75, 3.05) is 16.2 Å². The van der Waals surface area contributed by atoms with E-state index in [4.69, 9.17) is 9.29 Å². The van der Waals surface area contributed by atoms with Gasteiger partial charge in [0.2, 0.25) is 5.91 Å². The van der Waals surface area contributed by atoms with Gasteiger partial charge in [0.25, 0.3) is 0 Å². The van der Waals surface area contributed by atoms with E-state index in [1.165, 1.54) is 12.1 Å².